The van der Waals surface area contributed by atoms with E-state index in [4.69, 9.17) is 11.1 Å². The highest BCUT2D eigenvalue weighted by Gasteiger charge is 2.12. The van der Waals surface area contributed by atoms with E-state index in [1.807, 2.05) is 30.3 Å². The molecule has 0 aliphatic carbocycles. The highest BCUT2D eigenvalue weighted by Crippen LogP contribution is 2.14. The smallest absolute Gasteiger partial charge is 0.205 e. The van der Waals surface area contributed by atoms with E-state index in [0.29, 0.717) is 17.2 Å². The molecule has 0 bridgehead atoms. The summed E-state index contributed by atoms with van der Waals surface area (Å²) in [6.07, 6.45) is 1.56. The van der Waals surface area contributed by atoms with Gasteiger partial charge in [0.15, 0.2) is 0 Å². The van der Waals surface area contributed by atoms with Gasteiger partial charge in [0.2, 0.25) is 5.82 Å². The van der Waals surface area contributed by atoms with Gasteiger partial charge in [-0.3, -0.25) is 10.4 Å². The van der Waals surface area contributed by atoms with Crippen molar-refractivity contribution in [1.82, 2.24) is 25.2 Å². The van der Waals surface area contributed by atoms with Crippen molar-refractivity contribution in [2.75, 3.05) is 0 Å². The van der Waals surface area contributed by atoms with E-state index in [0.717, 1.165) is 5.56 Å². The monoisotopic (exact) mass is 265 g/mol. The van der Waals surface area contributed by atoms with E-state index in [9.17, 15) is 0 Å². The number of pyridine rings is 1. The van der Waals surface area contributed by atoms with Crippen LogP contribution in [0.1, 0.15) is 5.69 Å². The van der Waals surface area contributed by atoms with Crippen molar-refractivity contribution in [3.05, 3.63) is 54.4 Å². The second-order valence-electron chi connectivity index (χ2n) is 4.05. The van der Waals surface area contributed by atoms with Gasteiger partial charge in [-0.1, -0.05) is 30.3 Å². The van der Waals surface area contributed by atoms with E-state index in [-0.39, 0.29) is 5.84 Å². The van der Waals surface area contributed by atoms with Crippen molar-refractivity contribution in [2.24, 2.45) is 5.73 Å². The molecule has 0 fully saturated rings. The molecule has 3 rings (SSSR count). The summed E-state index contributed by atoms with van der Waals surface area (Å²) in [5.74, 6) is 0.364. The lowest BCUT2D eigenvalue weighted by Gasteiger charge is -2.03. The number of tetrazole rings is 1. The maximum atomic E-state index is 7.52. The number of nitrogens with one attached hydrogen (secondary N) is 1. The van der Waals surface area contributed by atoms with Crippen LogP contribution >= 0.6 is 0 Å². The third kappa shape index (κ3) is 2.12. The predicted octanol–water partition coefficient (Wildman–Crippen LogP) is 1.01. The Morgan fingerprint density at radius 3 is 2.65 bits per heavy atom. The highest BCUT2D eigenvalue weighted by atomic mass is 15.6. The number of nitrogen functional groups attached to an aromatic ring is 1. The number of nitrogens with two attached hydrogens (primary N) is 1. The minimum atomic E-state index is -0.140. The summed E-state index contributed by atoms with van der Waals surface area (Å²) < 4.78 is 0. The molecule has 7 heteroatoms. The number of benzene rings is 1. The van der Waals surface area contributed by atoms with E-state index in [1.54, 1.807) is 18.3 Å². The molecule has 0 aliphatic rings. The van der Waals surface area contributed by atoms with Gasteiger partial charge in [0.25, 0.3) is 0 Å². The maximum absolute atomic E-state index is 7.52. The Kier molecular flexibility index (Phi) is 2.92. The molecule has 1 aromatic carbocycles. The fourth-order valence-corrected chi connectivity index (χ4v) is 1.78. The van der Waals surface area contributed by atoms with Gasteiger partial charge in [0.1, 0.15) is 17.2 Å². The van der Waals surface area contributed by atoms with E-state index in [2.05, 4.69) is 20.4 Å². The molecule has 3 N–H and O–H groups in total. The van der Waals surface area contributed by atoms with E-state index < -0.39 is 0 Å². The number of amidine groups is 1. The zero-order valence-corrected chi connectivity index (χ0v) is 10.4. The molecule has 0 radical (unpaired) electrons. The van der Waals surface area contributed by atoms with Crippen LogP contribution in [-0.2, 0) is 0 Å². The van der Waals surface area contributed by atoms with Gasteiger partial charge in [-0.05, 0) is 17.3 Å². The van der Waals surface area contributed by atoms with Gasteiger partial charge in [-0.15, -0.1) is 15.0 Å². The lowest BCUT2D eigenvalue weighted by atomic mass is 10.2. The summed E-state index contributed by atoms with van der Waals surface area (Å²) in [6.45, 7) is 0. The van der Waals surface area contributed by atoms with Crippen molar-refractivity contribution in [3.63, 3.8) is 0 Å². The van der Waals surface area contributed by atoms with E-state index in [1.165, 1.54) is 4.80 Å². The highest BCUT2D eigenvalue weighted by molar-refractivity contribution is 5.96. The second-order valence-corrected chi connectivity index (χ2v) is 4.05. The van der Waals surface area contributed by atoms with Crippen molar-refractivity contribution < 1.29 is 0 Å². The summed E-state index contributed by atoms with van der Waals surface area (Å²) in [5.41, 5.74) is 7.22. The zero-order chi connectivity index (χ0) is 13.9. The Morgan fingerprint density at radius 1 is 1.10 bits per heavy atom. The topological polar surface area (TPSA) is 106 Å². The molecule has 7 nitrogen and oxygen atoms in total. The minimum absolute atomic E-state index is 0.140. The van der Waals surface area contributed by atoms with Crippen LogP contribution in [0.2, 0.25) is 0 Å². The Bertz CT molecular complexity index is 748. The number of rotatable bonds is 3. The average Bonchev–Trinajstić information content (AvgIpc) is 2.98. The summed E-state index contributed by atoms with van der Waals surface area (Å²) in [6, 6.07) is 13.0. The van der Waals surface area contributed by atoms with Crippen LogP contribution in [0, 0.1) is 5.41 Å². The Morgan fingerprint density at radius 2 is 1.90 bits per heavy atom. The molecule has 0 atom stereocenters. The van der Waals surface area contributed by atoms with Crippen molar-refractivity contribution >= 4 is 5.84 Å². The SMILES string of the molecule is N=C(N)c1ncccc1-n1nnc(-c2ccccc2)n1. The number of nitrogens with zero attached hydrogens (tertiary/aromatic N) is 5. The fourth-order valence-electron chi connectivity index (χ4n) is 1.78. The quantitative estimate of drug-likeness (QED) is 0.543. The van der Waals surface area contributed by atoms with Gasteiger partial charge < -0.3 is 5.73 Å². The summed E-state index contributed by atoms with van der Waals surface area (Å²) in [5, 5.41) is 19.8. The van der Waals surface area contributed by atoms with Crippen molar-refractivity contribution in [1.29, 1.82) is 5.41 Å². The maximum Gasteiger partial charge on any atom is 0.205 e. The van der Waals surface area contributed by atoms with E-state index >= 15 is 0 Å². The number of hydrogen-bond donors (Lipinski definition) is 2. The third-order valence-electron chi connectivity index (χ3n) is 2.70. The van der Waals surface area contributed by atoms with Crippen molar-refractivity contribution in [3.8, 4) is 17.1 Å². The molecule has 20 heavy (non-hydrogen) atoms. The van der Waals surface area contributed by atoms with Crippen LogP contribution in [-0.4, -0.2) is 31.0 Å². The van der Waals surface area contributed by atoms with Crippen LogP contribution in [0.5, 0.6) is 0 Å². The number of aromatic nitrogens is 5. The molecule has 0 amide bonds. The number of hydrogen-bond acceptors (Lipinski definition) is 5. The summed E-state index contributed by atoms with van der Waals surface area (Å²) in [4.78, 5) is 5.38. The molecule has 3 aromatic rings. The summed E-state index contributed by atoms with van der Waals surface area (Å²) in [7, 11) is 0. The molecule has 0 aliphatic heterocycles. The third-order valence-corrected chi connectivity index (χ3v) is 2.70. The molecule has 0 unspecified atom stereocenters. The molecule has 0 saturated heterocycles. The standard InChI is InChI=1S/C13H11N7/c14-12(15)11-10(7-4-8-16-11)20-18-13(17-19-20)9-5-2-1-3-6-9/h1-8H,(H3,14,15). The van der Waals surface area contributed by atoms with Gasteiger partial charge in [-0.2, -0.15) is 0 Å². The van der Waals surface area contributed by atoms with Crippen molar-refractivity contribution in [2.45, 2.75) is 0 Å². The molecular formula is C13H11N7. The van der Waals surface area contributed by atoms with Crippen LogP contribution < -0.4 is 5.73 Å². The van der Waals surface area contributed by atoms with Crippen LogP contribution in [0.15, 0.2) is 48.7 Å². The molecule has 98 valence electrons. The normalized spacial score (nSPS) is 10.4. The lowest BCUT2D eigenvalue weighted by molar-refractivity contribution is 0.715. The van der Waals surface area contributed by atoms with Crippen LogP contribution in [0.25, 0.3) is 17.1 Å². The first kappa shape index (κ1) is 12.0. The van der Waals surface area contributed by atoms with Gasteiger partial charge in [0, 0.05) is 11.8 Å². The second kappa shape index (κ2) is 4.88. The predicted molar refractivity (Wildman–Crippen MR) is 73.4 cm³/mol. The lowest BCUT2D eigenvalue weighted by Crippen LogP contribution is -2.17. The molecule has 2 heterocycles. The zero-order valence-electron chi connectivity index (χ0n) is 10.4. The first-order valence-electron chi connectivity index (χ1n) is 5.91. The molecule has 0 saturated carbocycles. The van der Waals surface area contributed by atoms with Gasteiger partial charge in [-0.25, -0.2) is 0 Å². The Hall–Kier alpha value is -3.09. The molecular weight excluding hydrogens is 254 g/mol. The van der Waals surface area contributed by atoms with Gasteiger partial charge in [0.05, 0.1) is 0 Å². The largest absolute Gasteiger partial charge is 0.382 e. The first-order valence-corrected chi connectivity index (χ1v) is 5.91. The summed E-state index contributed by atoms with van der Waals surface area (Å²) >= 11 is 0. The van der Waals surface area contributed by atoms with Crippen LogP contribution in [0.3, 0.4) is 0 Å². The Labute approximate surface area is 114 Å². The van der Waals surface area contributed by atoms with Gasteiger partial charge >= 0.3 is 0 Å². The minimum Gasteiger partial charge on any atom is -0.382 e. The average molecular weight is 265 g/mol. The molecule has 0 spiro atoms. The van der Waals surface area contributed by atoms with Crippen LogP contribution in [0.4, 0.5) is 0 Å². The Balaban J connectivity index is 2.05. The molecule has 2 aromatic heterocycles. The fraction of sp³-hybridized carbons (Fsp3) is 0. The first-order chi connectivity index (χ1) is 9.75.